The number of aromatic nitrogens is 3. The third kappa shape index (κ3) is 4.16. The number of nitrogens with zero attached hydrogens (tertiary/aromatic N) is 3. The van der Waals surface area contributed by atoms with Crippen LogP contribution in [0.4, 0.5) is 8.78 Å². The van der Waals surface area contributed by atoms with Crippen LogP contribution in [0.25, 0.3) is 16.8 Å². The van der Waals surface area contributed by atoms with Crippen LogP contribution in [0.15, 0.2) is 65.7 Å². The number of hydrogen-bond acceptors (Lipinski definition) is 4. The summed E-state index contributed by atoms with van der Waals surface area (Å²) >= 11 is 0. The van der Waals surface area contributed by atoms with E-state index < -0.39 is 17.5 Å². The van der Waals surface area contributed by atoms with E-state index in [0.717, 1.165) is 23.8 Å². The number of benzene rings is 2. The Morgan fingerprint density at radius 3 is 2.77 bits per heavy atom. The lowest BCUT2D eigenvalue weighted by Crippen LogP contribution is -2.31. The zero-order chi connectivity index (χ0) is 22.0. The summed E-state index contributed by atoms with van der Waals surface area (Å²) in [6, 6.07) is 11.7. The van der Waals surface area contributed by atoms with E-state index in [-0.39, 0.29) is 24.2 Å². The summed E-state index contributed by atoms with van der Waals surface area (Å²) in [6.45, 7) is 0.208. The molecule has 0 atom stereocenters. The maximum atomic E-state index is 13.7. The Bertz CT molecular complexity index is 1330. The van der Waals surface area contributed by atoms with Crippen molar-refractivity contribution < 1.29 is 18.3 Å². The molecule has 4 aromatic rings. The van der Waals surface area contributed by atoms with Gasteiger partial charge < -0.3 is 14.6 Å². The molecule has 1 N–H and O–H groups in total. The Hall–Kier alpha value is -4.01. The van der Waals surface area contributed by atoms with Gasteiger partial charge in [0.05, 0.1) is 18.4 Å². The number of halogens is 2. The predicted molar refractivity (Wildman–Crippen MR) is 110 cm³/mol. The first kappa shape index (κ1) is 20.3. The van der Waals surface area contributed by atoms with Crippen LogP contribution in [-0.4, -0.2) is 33.7 Å². The Morgan fingerprint density at radius 2 is 1.97 bits per heavy atom. The predicted octanol–water partition coefficient (Wildman–Crippen LogP) is 2.88. The van der Waals surface area contributed by atoms with Gasteiger partial charge >= 0.3 is 0 Å². The summed E-state index contributed by atoms with van der Waals surface area (Å²) in [5, 5.41) is 6.92. The smallest absolute Gasteiger partial charge is 0.276 e. The van der Waals surface area contributed by atoms with E-state index in [1.54, 1.807) is 25.6 Å². The lowest BCUT2D eigenvalue weighted by atomic mass is 10.1. The molecule has 2 heterocycles. The topological polar surface area (TPSA) is 77.6 Å². The molecule has 1 amide bonds. The van der Waals surface area contributed by atoms with Gasteiger partial charge in [0.25, 0.3) is 11.5 Å². The molecule has 0 saturated heterocycles. The standard InChI is InChI=1S/C22H18F2N4O3/c1-31-16-4-2-3-14(11-16)19-13-20-22(30)27(9-10-28(20)26-19)8-7-25-21(29)17-12-15(23)5-6-18(17)24/h2-6,9-13H,7-8H2,1H3,(H,25,29). The zero-order valence-corrected chi connectivity index (χ0v) is 16.5. The van der Waals surface area contributed by atoms with E-state index in [1.807, 2.05) is 24.3 Å². The first-order valence-electron chi connectivity index (χ1n) is 9.43. The highest BCUT2D eigenvalue weighted by Gasteiger charge is 2.13. The van der Waals surface area contributed by atoms with Gasteiger partial charge in [-0.25, -0.2) is 13.3 Å². The van der Waals surface area contributed by atoms with Gasteiger partial charge in [-0.15, -0.1) is 0 Å². The minimum Gasteiger partial charge on any atom is -0.497 e. The van der Waals surface area contributed by atoms with Crippen molar-refractivity contribution in [3.63, 3.8) is 0 Å². The van der Waals surface area contributed by atoms with Crippen LogP contribution in [0.2, 0.25) is 0 Å². The number of fused-ring (bicyclic) bond motifs is 1. The van der Waals surface area contributed by atoms with E-state index in [0.29, 0.717) is 17.0 Å². The molecule has 9 heteroatoms. The molecule has 0 aliphatic carbocycles. The Balaban J connectivity index is 1.51. The largest absolute Gasteiger partial charge is 0.497 e. The molecule has 158 valence electrons. The van der Waals surface area contributed by atoms with Gasteiger partial charge in [0.2, 0.25) is 0 Å². The third-order valence-electron chi connectivity index (χ3n) is 4.78. The molecule has 2 aromatic carbocycles. The van der Waals surface area contributed by atoms with Gasteiger partial charge in [0.15, 0.2) is 0 Å². The van der Waals surface area contributed by atoms with Crippen LogP contribution in [0.3, 0.4) is 0 Å². The Morgan fingerprint density at radius 1 is 1.13 bits per heavy atom. The molecule has 0 aliphatic rings. The lowest BCUT2D eigenvalue weighted by molar-refractivity contribution is 0.0947. The molecule has 2 aromatic heterocycles. The maximum Gasteiger partial charge on any atom is 0.276 e. The molecule has 0 fully saturated rings. The summed E-state index contributed by atoms with van der Waals surface area (Å²) in [4.78, 5) is 24.9. The molecule has 0 spiro atoms. The highest BCUT2D eigenvalue weighted by atomic mass is 19.1. The molecule has 4 rings (SSSR count). The number of methoxy groups -OCH3 is 1. The number of nitrogens with one attached hydrogen (secondary N) is 1. The molecule has 0 radical (unpaired) electrons. The molecule has 0 saturated carbocycles. The fourth-order valence-corrected chi connectivity index (χ4v) is 3.18. The minimum atomic E-state index is -0.818. The second-order valence-corrected chi connectivity index (χ2v) is 6.77. The van der Waals surface area contributed by atoms with Crippen molar-refractivity contribution in [2.24, 2.45) is 0 Å². The molecule has 31 heavy (non-hydrogen) atoms. The summed E-state index contributed by atoms with van der Waals surface area (Å²) in [5.74, 6) is -1.60. The van der Waals surface area contributed by atoms with Crippen molar-refractivity contribution in [2.75, 3.05) is 13.7 Å². The quantitative estimate of drug-likeness (QED) is 0.516. The normalized spacial score (nSPS) is 10.9. The van der Waals surface area contributed by atoms with Gasteiger partial charge in [-0.2, -0.15) is 5.10 Å². The number of hydrogen-bond donors (Lipinski definition) is 1. The molecule has 7 nitrogen and oxygen atoms in total. The average Bonchev–Trinajstić information content (AvgIpc) is 3.22. The fraction of sp³-hybridized carbons (Fsp3) is 0.136. The van der Waals surface area contributed by atoms with Gasteiger partial charge in [-0.1, -0.05) is 12.1 Å². The van der Waals surface area contributed by atoms with E-state index >= 15 is 0 Å². The fourth-order valence-electron chi connectivity index (χ4n) is 3.18. The second-order valence-electron chi connectivity index (χ2n) is 6.77. The highest BCUT2D eigenvalue weighted by Crippen LogP contribution is 2.23. The van der Waals surface area contributed by atoms with Crippen LogP contribution in [0.5, 0.6) is 5.75 Å². The first-order chi connectivity index (χ1) is 15.0. The van der Waals surface area contributed by atoms with Crippen LogP contribution in [-0.2, 0) is 6.54 Å². The van der Waals surface area contributed by atoms with Crippen molar-refractivity contribution in [2.45, 2.75) is 6.54 Å². The van der Waals surface area contributed by atoms with Gasteiger partial charge in [0.1, 0.15) is 22.9 Å². The third-order valence-corrected chi connectivity index (χ3v) is 4.78. The summed E-state index contributed by atoms with van der Waals surface area (Å²) < 4.78 is 35.1. The Kier molecular flexibility index (Phi) is 5.48. The van der Waals surface area contributed by atoms with Crippen LogP contribution in [0.1, 0.15) is 10.4 Å². The molecule has 0 bridgehead atoms. The molecular weight excluding hydrogens is 406 g/mol. The monoisotopic (exact) mass is 424 g/mol. The maximum absolute atomic E-state index is 13.7. The highest BCUT2D eigenvalue weighted by molar-refractivity contribution is 5.94. The SMILES string of the molecule is COc1cccc(-c2cc3c(=O)n(CCNC(=O)c4cc(F)ccc4F)ccn3n2)c1. The van der Waals surface area contributed by atoms with E-state index in [1.165, 1.54) is 9.08 Å². The number of ether oxygens (including phenoxy) is 1. The average molecular weight is 424 g/mol. The molecule has 0 aliphatic heterocycles. The zero-order valence-electron chi connectivity index (χ0n) is 16.5. The van der Waals surface area contributed by atoms with Crippen molar-refractivity contribution in [3.05, 3.63) is 88.5 Å². The summed E-state index contributed by atoms with van der Waals surface area (Å²) in [6.07, 6.45) is 3.18. The van der Waals surface area contributed by atoms with Crippen LogP contribution in [0, 0.1) is 11.6 Å². The van der Waals surface area contributed by atoms with Crippen molar-refractivity contribution in [1.82, 2.24) is 19.5 Å². The van der Waals surface area contributed by atoms with E-state index in [9.17, 15) is 18.4 Å². The second kappa shape index (κ2) is 8.39. The first-order valence-corrected chi connectivity index (χ1v) is 9.43. The molecular formula is C22H18F2N4O3. The van der Waals surface area contributed by atoms with Gasteiger partial charge in [0, 0.05) is 31.0 Å². The minimum absolute atomic E-state index is 0.0573. The van der Waals surface area contributed by atoms with E-state index in [2.05, 4.69) is 10.4 Å². The van der Waals surface area contributed by atoms with Crippen LogP contribution < -0.4 is 15.6 Å². The Labute approximate surface area is 175 Å². The number of carbonyl (C=O) groups excluding carboxylic acids is 1. The van der Waals surface area contributed by atoms with Crippen molar-refractivity contribution >= 4 is 11.4 Å². The number of rotatable bonds is 6. The number of amides is 1. The van der Waals surface area contributed by atoms with Gasteiger partial charge in [-0.3, -0.25) is 9.59 Å². The van der Waals surface area contributed by atoms with Crippen molar-refractivity contribution in [3.8, 4) is 17.0 Å². The summed E-state index contributed by atoms with van der Waals surface area (Å²) in [7, 11) is 1.57. The lowest BCUT2D eigenvalue weighted by Gasteiger charge is -2.08. The van der Waals surface area contributed by atoms with Gasteiger partial charge in [-0.05, 0) is 36.4 Å². The molecule has 0 unspecified atom stereocenters. The number of carbonyl (C=O) groups is 1. The van der Waals surface area contributed by atoms with E-state index in [4.69, 9.17) is 4.74 Å². The van der Waals surface area contributed by atoms with Crippen LogP contribution >= 0.6 is 0 Å². The summed E-state index contributed by atoms with van der Waals surface area (Å²) in [5.41, 5.74) is 1.10. The van der Waals surface area contributed by atoms with Crippen molar-refractivity contribution in [1.29, 1.82) is 0 Å².